The molecular weight excluding hydrogens is 410 g/mol. The first-order valence-corrected chi connectivity index (χ1v) is 13.4. The van der Waals surface area contributed by atoms with E-state index in [2.05, 4.69) is 59.1 Å². The van der Waals surface area contributed by atoms with E-state index in [0.717, 1.165) is 58.0 Å². The van der Waals surface area contributed by atoms with Gasteiger partial charge in [-0.1, -0.05) is 49.6 Å². The molecule has 1 saturated heterocycles. The lowest BCUT2D eigenvalue weighted by Crippen LogP contribution is -2.59. The van der Waals surface area contributed by atoms with Crippen molar-refractivity contribution in [3.63, 3.8) is 0 Å². The molecule has 0 aromatic heterocycles. The Labute approximate surface area is 200 Å². The van der Waals surface area contributed by atoms with Crippen LogP contribution in [0.1, 0.15) is 82.6 Å². The molecule has 5 nitrogen and oxygen atoms in total. The zero-order valence-corrected chi connectivity index (χ0v) is 20.8. The third kappa shape index (κ3) is 4.20. The summed E-state index contributed by atoms with van der Waals surface area (Å²) < 4.78 is 0. The van der Waals surface area contributed by atoms with Crippen LogP contribution in [0.5, 0.6) is 0 Å². The lowest BCUT2D eigenvalue weighted by molar-refractivity contribution is -0.0725. The Hall–Kier alpha value is -1.59. The summed E-state index contributed by atoms with van der Waals surface area (Å²) in [6.07, 6.45) is 13.3. The van der Waals surface area contributed by atoms with Gasteiger partial charge in [0.05, 0.1) is 17.7 Å². The zero-order chi connectivity index (χ0) is 23.1. The van der Waals surface area contributed by atoms with Crippen molar-refractivity contribution in [2.24, 2.45) is 5.92 Å². The van der Waals surface area contributed by atoms with Crippen LogP contribution < -0.4 is 0 Å². The minimum atomic E-state index is -0.668. The highest BCUT2D eigenvalue weighted by Crippen LogP contribution is 2.50. The summed E-state index contributed by atoms with van der Waals surface area (Å²) in [5.74, 6) is 0.653. The molecule has 4 fully saturated rings. The first kappa shape index (κ1) is 23.2. The second-order valence-corrected chi connectivity index (χ2v) is 11.8. The van der Waals surface area contributed by atoms with Crippen LogP contribution in [-0.2, 0) is 5.54 Å². The third-order valence-electron chi connectivity index (χ3n) is 9.67. The molecule has 0 unspecified atom stereocenters. The van der Waals surface area contributed by atoms with Gasteiger partial charge in [-0.15, -0.1) is 0 Å². The van der Waals surface area contributed by atoms with Crippen LogP contribution >= 0.6 is 0 Å². The Morgan fingerprint density at radius 1 is 0.939 bits per heavy atom. The molecule has 1 aromatic carbocycles. The van der Waals surface area contributed by atoms with Crippen LogP contribution in [0.4, 0.5) is 4.79 Å². The number of benzene rings is 1. The Morgan fingerprint density at radius 3 is 2.18 bits per heavy atom. The second-order valence-electron chi connectivity index (χ2n) is 11.8. The second kappa shape index (κ2) is 8.88. The van der Waals surface area contributed by atoms with Crippen molar-refractivity contribution in [1.29, 1.82) is 0 Å². The number of amides is 2. The topological polar surface area (TPSA) is 47.0 Å². The van der Waals surface area contributed by atoms with E-state index < -0.39 is 5.60 Å². The summed E-state index contributed by atoms with van der Waals surface area (Å²) in [5, 5.41) is 11.1. The largest absolute Gasteiger partial charge is 0.388 e. The van der Waals surface area contributed by atoms with Crippen molar-refractivity contribution >= 4 is 6.03 Å². The summed E-state index contributed by atoms with van der Waals surface area (Å²) in [7, 11) is 4.41. The third-order valence-corrected chi connectivity index (χ3v) is 9.67. The molecule has 1 heterocycles. The minimum Gasteiger partial charge on any atom is -0.388 e. The molecule has 3 saturated carbocycles. The fourth-order valence-corrected chi connectivity index (χ4v) is 7.28. The molecule has 182 valence electrons. The Balaban J connectivity index is 1.38. The van der Waals surface area contributed by atoms with Crippen LogP contribution in [0.25, 0.3) is 0 Å². The smallest absolute Gasteiger partial charge is 0.320 e. The monoisotopic (exact) mass is 453 g/mol. The van der Waals surface area contributed by atoms with Crippen LogP contribution in [0, 0.1) is 5.92 Å². The standard InChI is InChI=1S/C28H43N3O2/c1-29(2)28(24-12-7-4-8-13-24)18-16-26(17-19-28)21-30(20-23-10-5-3-6-11-23)25(32)31(26)22-27(33)14-9-15-27/h4,7-8,12-13,23,33H,3,5-6,9-11,14-22H2,1-2H3. The van der Waals surface area contributed by atoms with Gasteiger partial charge < -0.3 is 14.9 Å². The highest BCUT2D eigenvalue weighted by Gasteiger charge is 2.56. The van der Waals surface area contributed by atoms with Gasteiger partial charge in [-0.3, -0.25) is 4.90 Å². The van der Waals surface area contributed by atoms with Gasteiger partial charge in [0.2, 0.25) is 0 Å². The molecule has 1 aromatic rings. The fraction of sp³-hybridized carbons (Fsp3) is 0.750. The number of carbonyl (C=O) groups is 1. The van der Waals surface area contributed by atoms with Gasteiger partial charge in [0, 0.05) is 18.6 Å². The number of hydrogen-bond donors (Lipinski definition) is 1. The van der Waals surface area contributed by atoms with Gasteiger partial charge in [0.15, 0.2) is 0 Å². The van der Waals surface area contributed by atoms with Crippen molar-refractivity contribution < 1.29 is 9.90 Å². The molecule has 1 aliphatic heterocycles. The predicted molar refractivity (Wildman–Crippen MR) is 132 cm³/mol. The average Bonchev–Trinajstić information content (AvgIpc) is 3.05. The van der Waals surface area contributed by atoms with Crippen molar-refractivity contribution in [2.75, 3.05) is 33.7 Å². The quantitative estimate of drug-likeness (QED) is 0.660. The highest BCUT2D eigenvalue weighted by molar-refractivity contribution is 5.78. The molecule has 3 aliphatic carbocycles. The number of rotatable bonds is 6. The maximum Gasteiger partial charge on any atom is 0.320 e. The lowest BCUT2D eigenvalue weighted by Gasteiger charge is -2.52. The fourth-order valence-electron chi connectivity index (χ4n) is 7.28. The van der Waals surface area contributed by atoms with Crippen LogP contribution in [0.15, 0.2) is 30.3 Å². The first-order chi connectivity index (χ1) is 15.9. The van der Waals surface area contributed by atoms with E-state index in [1.165, 1.54) is 37.7 Å². The molecular formula is C28H43N3O2. The minimum absolute atomic E-state index is 0.0192. The van der Waals surface area contributed by atoms with E-state index in [9.17, 15) is 9.90 Å². The van der Waals surface area contributed by atoms with E-state index in [4.69, 9.17) is 0 Å². The molecule has 0 bridgehead atoms. The van der Waals surface area contributed by atoms with Crippen molar-refractivity contribution in [1.82, 2.24) is 14.7 Å². The first-order valence-electron chi connectivity index (χ1n) is 13.4. The van der Waals surface area contributed by atoms with E-state index in [1.54, 1.807) is 0 Å². The summed E-state index contributed by atoms with van der Waals surface area (Å²) in [4.78, 5) is 20.5. The Kier molecular flexibility index (Phi) is 6.24. The molecule has 5 heteroatoms. The predicted octanol–water partition coefficient (Wildman–Crippen LogP) is 4.99. The van der Waals surface area contributed by atoms with Gasteiger partial charge in [-0.2, -0.15) is 0 Å². The molecule has 4 aliphatic rings. The number of carbonyl (C=O) groups excluding carboxylic acids is 1. The SMILES string of the molecule is CN(C)C1(c2ccccc2)CCC2(CC1)CN(CC1CCCCC1)C(=O)N2CC1(O)CCC1. The Bertz CT molecular complexity index is 821. The van der Waals surface area contributed by atoms with E-state index in [0.29, 0.717) is 12.5 Å². The zero-order valence-electron chi connectivity index (χ0n) is 20.8. The molecule has 1 N–H and O–H groups in total. The molecule has 1 spiro atoms. The molecule has 2 amide bonds. The number of aliphatic hydroxyl groups is 1. The summed E-state index contributed by atoms with van der Waals surface area (Å²) in [6, 6.07) is 11.1. The van der Waals surface area contributed by atoms with Crippen LogP contribution in [0.3, 0.4) is 0 Å². The van der Waals surface area contributed by atoms with Crippen molar-refractivity contribution in [3.05, 3.63) is 35.9 Å². The molecule has 33 heavy (non-hydrogen) atoms. The number of β-amino-alcohol motifs (C(OH)–C–C–N with tert-alkyl or cyclic N) is 1. The van der Waals surface area contributed by atoms with E-state index in [1.807, 2.05) is 0 Å². The van der Waals surface area contributed by atoms with Gasteiger partial charge in [-0.05, 0) is 83.4 Å². The average molecular weight is 454 g/mol. The maximum atomic E-state index is 13.8. The number of hydrogen-bond acceptors (Lipinski definition) is 3. The maximum absolute atomic E-state index is 13.8. The lowest BCUT2D eigenvalue weighted by atomic mass is 9.67. The van der Waals surface area contributed by atoms with Gasteiger partial charge in [-0.25, -0.2) is 4.79 Å². The summed E-state index contributed by atoms with van der Waals surface area (Å²) in [6.45, 7) is 2.27. The summed E-state index contributed by atoms with van der Waals surface area (Å²) in [5.41, 5.74) is 0.605. The highest BCUT2D eigenvalue weighted by atomic mass is 16.3. The van der Waals surface area contributed by atoms with Crippen LogP contribution in [0.2, 0.25) is 0 Å². The van der Waals surface area contributed by atoms with Gasteiger partial charge >= 0.3 is 6.03 Å². The number of urea groups is 1. The molecule has 5 rings (SSSR count). The summed E-state index contributed by atoms with van der Waals surface area (Å²) >= 11 is 0. The van der Waals surface area contributed by atoms with Crippen molar-refractivity contribution in [2.45, 2.75) is 93.7 Å². The molecule has 0 radical (unpaired) electrons. The van der Waals surface area contributed by atoms with Crippen molar-refractivity contribution in [3.8, 4) is 0 Å². The normalized spacial score (nSPS) is 32.5. The van der Waals surface area contributed by atoms with E-state index >= 15 is 0 Å². The Morgan fingerprint density at radius 2 is 1.61 bits per heavy atom. The number of nitrogens with zero attached hydrogens (tertiary/aromatic N) is 3. The van der Waals surface area contributed by atoms with Gasteiger partial charge in [0.1, 0.15) is 0 Å². The molecule has 0 atom stereocenters. The van der Waals surface area contributed by atoms with Crippen LogP contribution in [-0.4, -0.2) is 70.7 Å². The van der Waals surface area contributed by atoms with E-state index in [-0.39, 0.29) is 17.1 Å². The van der Waals surface area contributed by atoms with Gasteiger partial charge in [0.25, 0.3) is 0 Å².